The van der Waals surface area contributed by atoms with Gasteiger partial charge in [0.05, 0.1) is 0 Å². The van der Waals surface area contributed by atoms with Gasteiger partial charge in [0.1, 0.15) is 0 Å². The van der Waals surface area contributed by atoms with Crippen molar-refractivity contribution >= 4 is 24.4 Å². The first-order valence-corrected chi connectivity index (χ1v) is 4.07. The van der Waals surface area contributed by atoms with E-state index in [2.05, 4.69) is 0 Å². The molecule has 0 saturated heterocycles. The summed E-state index contributed by atoms with van der Waals surface area (Å²) in [6.07, 6.45) is 0. The van der Waals surface area contributed by atoms with Crippen molar-refractivity contribution in [1.29, 1.82) is 0 Å². The van der Waals surface area contributed by atoms with Gasteiger partial charge in [-0.3, -0.25) is 0 Å². The summed E-state index contributed by atoms with van der Waals surface area (Å²) in [6, 6.07) is 0. The molecule has 0 amide bonds. The van der Waals surface area contributed by atoms with E-state index in [1.54, 1.807) is 0 Å². The maximum absolute atomic E-state index is 11.5. The van der Waals surface area contributed by atoms with Crippen LogP contribution in [0, 0.1) is 10.8 Å². The van der Waals surface area contributed by atoms with Gasteiger partial charge in [0.2, 0.25) is 0 Å². The quantitative estimate of drug-likeness (QED) is 0.389. The third kappa shape index (κ3) is 1.08. The number of hydrogen-bond donors (Lipinski definition) is 0. The number of rotatable bonds is 0. The van der Waals surface area contributed by atoms with Crippen molar-refractivity contribution < 1.29 is 9.59 Å². The molecule has 0 aromatic carbocycles. The van der Waals surface area contributed by atoms with Crippen molar-refractivity contribution in [3.63, 3.8) is 0 Å². The number of Topliss-reactive ketones (excluding diaryl/α,β-unsaturated/α-hetero) is 1. The van der Waals surface area contributed by atoms with E-state index in [0.29, 0.717) is 0 Å². The summed E-state index contributed by atoms with van der Waals surface area (Å²) in [5.41, 5.74) is -1.17. The van der Waals surface area contributed by atoms with Gasteiger partial charge in [0, 0.05) is 0 Å². The van der Waals surface area contributed by atoms with Gasteiger partial charge in [-0.25, -0.2) is 0 Å². The van der Waals surface area contributed by atoms with Gasteiger partial charge in [-0.1, -0.05) is 0 Å². The molecule has 0 atom stereocenters. The van der Waals surface area contributed by atoms with Crippen LogP contribution in [0.5, 0.6) is 0 Å². The van der Waals surface area contributed by atoms with Crippen molar-refractivity contribution in [1.82, 2.24) is 0 Å². The first-order chi connectivity index (χ1) is 5.29. The van der Waals surface area contributed by atoms with Crippen molar-refractivity contribution in [2.75, 3.05) is 0 Å². The molecule has 1 aliphatic rings. The van der Waals surface area contributed by atoms with E-state index >= 15 is 0 Å². The van der Waals surface area contributed by atoms with E-state index in [4.69, 9.17) is 0 Å². The number of carbonyl (C=O) groups is 2. The van der Waals surface area contributed by atoms with Gasteiger partial charge in [0.15, 0.2) is 0 Å². The predicted molar refractivity (Wildman–Crippen MR) is 49.4 cm³/mol. The van der Waals surface area contributed by atoms with Gasteiger partial charge in [-0.05, 0) is 0 Å². The predicted octanol–water partition coefficient (Wildman–Crippen LogP) is 0.654. The Bertz CT molecular complexity index is 274. The van der Waals surface area contributed by atoms with Gasteiger partial charge < -0.3 is 0 Å². The molecule has 1 rings (SSSR count). The zero-order chi connectivity index (χ0) is 9.57. The zero-order valence-electron chi connectivity index (χ0n) is 7.97. The monoisotopic (exact) mass is 164 g/mol. The third-order valence-electron chi connectivity index (χ3n) is 3.05. The van der Waals surface area contributed by atoms with Crippen LogP contribution in [-0.4, -0.2) is 24.4 Å². The van der Waals surface area contributed by atoms with Crippen molar-refractivity contribution in [2.45, 2.75) is 27.7 Å². The topological polar surface area (TPSA) is 34.1 Å². The van der Waals surface area contributed by atoms with E-state index in [0.717, 1.165) is 0 Å². The van der Waals surface area contributed by atoms with Crippen LogP contribution in [0.2, 0.25) is 0 Å². The summed E-state index contributed by atoms with van der Waals surface area (Å²) in [5, 5.41) is 0. The Balaban J connectivity index is 3.23. The molecule has 0 radical (unpaired) electrons. The fourth-order valence-electron chi connectivity index (χ4n) is 1.17. The molecule has 0 aromatic rings. The Hall–Kier alpha value is -0.725. The molecule has 1 heterocycles. The van der Waals surface area contributed by atoms with Crippen LogP contribution in [-0.2, 0) is 9.59 Å². The average Bonchev–Trinajstić information content (AvgIpc) is 1.96. The molecule has 0 unspecified atom stereocenters. The van der Waals surface area contributed by atoms with E-state index in [-0.39, 0.29) is 16.9 Å². The molecule has 0 N–H and O–H groups in total. The van der Waals surface area contributed by atoms with E-state index in [1.807, 2.05) is 33.7 Å². The van der Waals surface area contributed by atoms with Crippen molar-refractivity contribution in [3.05, 3.63) is 0 Å². The molecule has 0 spiro atoms. The fraction of sp³-hybridized carbons (Fsp3) is 0.667. The SMILES string of the molecule is CC1(C)C=BC(=O)C(=O)C1(C)C. The van der Waals surface area contributed by atoms with Crippen molar-refractivity contribution in [2.24, 2.45) is 10.8 Å². The Labute approximate surface area is 73.3 Å². The number of ketones is 1. The molecule has 0 aromatic heterocycles. The average molecular weight is 164 g/mol. The Morgan fingerprint density at radius 1 is 1.17 bits per heavy atom. The van der Waals surface area contributed by atoms with Crippen molar-refractivity contribution in [3.8, 4) is 0 Å². The second-order valence-corrected chi connectivity index (χ2v) is 4.37. The van der Waals surface area contributed by atoms with Gasteiger partial charge in [-0.2, -0.15) is 0 Å². The van der Waals surface area contributed by atoms with E-state index < -0.39 is 5.41 Å². The third-order valence-corrected chi connectivity index (χ3v) is 3.05. The molecule has 0 aliphatic carbocycles. The van der Waals surface area contributed by atoms with Crippen LogP contribution in [0.3, 0.4) is 0 Å². The van der Waals surface area contributed by atoms with Gasteiger partial charge in [0.25, 0.3) is 0 Å². The van der Waals surface area contributed by atoms with Crippen LogP contribution in [0.1, 0.15) is 27.7 Å². The molecular weight excluding hydrogens is 151 g/mol. The normalized spacial score (nSPS) is 25.3. The molecule has 1 aliphatic heterocycles. The molecule has 64 valence electrons. The minimum atomic E-state index is -0.571. The Morgan fingerprint density at radius 2 is 1.67 bits per heavy atom. The summed E-state index contributed by atoms with van der Waals surface area (Å²) >= 11 is 0. The molecule has 0 bridgehead atoms. The Morgan fingerprint density at radius 3 is 2.08 bits per heavy atom. The summed E-state index contributed by atoms with van der Waals surface area (Å²) < 4.78 is 0. The molecule has 12 heavy (non-hydrogen) atoms. The van der Waals surface area contributed by atoms with Crippen LogP contribution >= 0.6 is 0 Å². The molecule has 2 nitrogen and oxygen atoms in total. The standard InChI is InChI=1S/C9H13BO2/c1-8(2)5-10-7(12)6(11)9(8,3)4/h5H,1-4H3. The first-order valence-electron chi connectivity index (χ1n) is 4.07. The molecular formula is C9H13BO2. The van der Waals surface area contributed by atoms with Crippen LogP contribution in [0.15, 0.2) is 0 Å². The fourth-order valence-corrected chi connectivity index (χ4v) is 1.17. The zero-order valence-corrected chi connectivity index (χ0v) is 7.97. The number of carbonyl (C=O) groups excluding carboxylic acids is 2. The van der Waals surface area contributed by atoms with Crippen LogP contribution in [0.25, 0.3) is 0 Å². The second kappa shape index (κ2) is 2.38. The van der Waals surface area contributed by atoms with E-state index in [9.17, 15) is 9.59 Å². The summed E-state index contributed by atoms with van der Waals surface area (Å²) in [4.78, 5) is 22.5. The van der Waals surface area contributed by atoms with Gasteiger partial charge >= 0.3 is 72.5 Å². The first kappa shape index (κ1) is 9.36. The second-order valence-electron chi connectivity index (χ2n) is 4.37. The Kier molecular flexibility index (Phi) is 1.86. The van der Waals surface area contributed by atoms with Crippen LogP contribution in [0.4, 0.5) is 0 Å². The summed E-state index contributed by atoms with van der Waals surface area (Å²) in [6.45, 7) is 8.95. The minimum absolute atomic E-state index is 0.224. The summed E-state index contributed by atoms with van der Waals surface area (Å²) in [7, 11) is 0. The van der Waals surface area contributed by atoms with Crippen LogP contribution < -0.4 is 0 Å². The van der Waals surface area contributed by atoms with Gasteiger partial charge in [-0.15, -0.1) is 0 Å². The molecule has 3 heteroatoms. The molecule has 0 fully saturated rings. The van der Waals surface area contributed by atoms with E-state index in [1.165, 1.54) is 6.92 Å². The molecule has 0 saturated carbocycles. The maximum atomic E-state index is 11.5. The summed E-state index contributed by atoms with van der Waals surface area (Å²) in [5.74, 6) is 1.53. The number of hydrogen-bond acceptors (Lipinski definition) is 2.